The quantitative estimate of drug-likeness (QED) is 0.202. The Hall–Kier alpha value is -3.57. The van der Waals surface area contributed by atoms with Gasteiger partial charge in [0.1, 0.15) is 11.9 Å². The zero-order valence-corrected chi connectivity index (χ0v) is 24.2. The lowest BCUT2D eigenvalue weighted by molar-refractivity contribution is -0.169. The van der Waals surface area contributed by atoms with Crippen molar-refractivity contribution < 1.29 is 47.2 Å². The lowest BCUT2D eigenvalue weighted by Crippen LogP contribution is -2.42. The van der Waals surface area contributed by atoms with Gasteiger partial charge >= 0.3 is 11.9 Å². The number of nitrogens with zero attached hydrogens (tertiary/aromatic N) is 1. The summed E-state index contributed by atoms with van der Waals surface area (Å²) >= 11 is 0. The molecule has 0 unspecified atom stereocenters. The van der Waals surface area contributed by atoms with E-state index in [1.165, 1.54) is 38.4 Å². The molecule has 1 aliphatic carbocycles. The molecular formula is C31H38FNO9. The largest absolute Gasteiger partial charge is 0.493 e. The van der Waals surface area contributed by atoms with E-state index in [0.29, 0.717) is 32.0 Å². The molecule has 1 aromatic heterocycles. The fourth-order valence-corrected chi connectivity index (χ4v) is 4.93. The van der Waals surface area contributed by atoms with E-state index in [9.17, 15) is 18.8 Å². The highest BCUT2D eigenvalue weighted by molar-refractivity contribution is 5.99. The number of carbonyl (C=O) groups excluding carboxylic acids is 3. The van der Waals surface area contributed by atoms with Crippen LogP contribution >= 0.6 is 0 Å². The zero-order valence-electron chi connectivity index (χ0n) is 24.2. The molecule has 0 N–H and O–H groups in total. The van der Waals surface area contributed by atoms with Gasteiger partial charge in [0.25, 0.3) is 0 Å². The molecule has 0 amide bonds. The maximum atomic E-state index is 13.5. The Bertz CT molecular complexity index is 1220. The van der Waals surface area contributed by atoms with Gasteiger partial charge in [0.05, 0.1) is 25.7 Å². The van der Waals surface area contributed by atoms with Crippen LogP contribution in [0.5, 0.6) is 11.5 Å². The number of ketones is 1. The summed E-state index contributed by atoms with van der Waals surface area (Å²) in [4.78, 5) is 42.1. The number of benzene rings is 1. The molecule has 10 nitrogen and oxygen atoms in total. The number of cyclic esters (lactones) is 1. The topological polar surface area (TPSA) is 119 Å². The summed E-state index contributed by atoms with van der Waals surface area (Å²) in [5.41, 5.74) is 0.891. The van der Waals surface area contributed by atoms with E-state index in [4.69, 9.17) is 28.4 Å². The number of hydrogen-bond donors (Lipinski definition) is 0. The molecule has 2 heterocycles. The van der Waals surface area contributed by atoms with Gasteiger partial charge in [-0.3, -0.25) is 14.4 Å². The number of carbonyl (C=O) groups is 3. The summed E-state index contributed by atoms with van der Waals surface area (Å²) in [6.45, 7) is 3.49. The Morgan fingerprint density at radius 3 is 2.57 bits per heavy atom. The van der Waals surface area contributed by atoms with Crippen molar-refractivity contribution in [2.75, 3.05) is 33.7 Å². The monoisotopic (exact) mass is 587 g/mol. The third-order valence-electron chi connectivity index (χ3n) is 7.40. The van der Waals surface area contributed by atoms with Crippen LogP contribution in [-0.2, 0) is 35.0 Å². The summed E-state index contributed by atoms with van der Waals surface area (Å²) in [5, 5.41) is 0. The molecule has 42 heavy (non-hydrogen) atoms. The third-order valence-corrected chi connectivity index (χ3v) is 7.40. The number of hydrogen-bond acceptors (Lipinski definition) is 10. The van der Waals surface area contributed by atoms with Crippen molar-refractivity contribution in [2.24, 2.45) is 17.8 Å². The number of aromatic nitrogens is 1. The lowest BCUT2D eigenvalue weighted by atomic mass is 9.88. The summed E-state index contributed by atoms with van der Waals surface area (Å²) in [6.07, 6.45) is 3.61. The van der Waals surface area contributed by atoms with Gasteiger partial charge in [-0.15, -0.1) is 0 Å². The Labute approximate surface area is 244 Å². The first-order valence-electron chi connectivity index (χ1n) is 14.2. The minimum absolute atomic E-state index is 0.00550. The number of pyridine rings is 1. The van der Waals surface area contributed by atoms with E-state index in [1.54, 1.807) is 19.1 Å². The molecule has 2 aliphatic rings. The summed E-state index contributed by atoms with van der Waals surface area (Å²) in [5.74, 6) is -2.12. The average molecular weight is 588 g/mol. The first kappa shape index (κ1) is 31.4. The SMILES string of the molecule is COc1ccnc(C(=O)C[C@H]2COCC[C@H](Cc3ccc(F)cc3)[C@@H](OCC3CC3)[C@H](C)OC2=O)c1OCOC(C)=O. The molecule has 0 bridgehead atoms. The molecule has 1 aromatic carbocycles. The van der Waals surface area contributed by atoms with Crippen LogP contribution in [0.1, 0.15) is 55.6 Å². The van der Waals surface area contributed by atoms with Crippen molar-refractivity contribution in [3.63, 3.8) is 0 Å². The Morgan fingerprint density at radius 1 is 1.12 bits per heavy atom. The van der Waals surface area contributed by atoms with Crippen LogP contribution < -0.4 is 9.47 Å². The first-order chi connectivity index (χ1) is 20.2. The number of esters is 2. The van der Waals surface area contributed by atoms with Gasteiger partial charge in [-0.1, -0.05) is 12.1 Å². The molecule has 228 valence electrons. The highest BCUT2D eigenvalue weighted by Gasteiger charge is 2.36. The van der Waals surface area contributed by atoms with Crippen molar-refractivity contribution in [1.82, 2.24) is 4.98 Å². The number of methoxy groups -OCH3 is 1. The maximum Gasteiger partial charge on any atom is 0.312 e. The Morgan fingerprint density at radius 2 is 1.88 bits per heavy atom. The van der Waals surface area contributed by atoms with E-state index in [1.807, 2.05) is 0 Å². The van der Waals surface area contributed by atoms with Crippen LogP contribution in [0.3, 0.4) is 0 Å². The molecule has 0 radical (unpaired) electrons. The van der Waals surface area contributed by atoms with Gasteiger partial charge < -0.3 is 28.4 Å². The van der Waals surface area contributed by atoms with Gasteiger partial charge in [0.15, 0.2) is 23.0 Å². The van der Waals surface area contributed by atoms with Crippen molar-refractivity contribution in [2.45, 2.75) is 58.2 Å². The van der Waals surface area contributed by atoms with Crippen molar-refractivity contribution in [1.29, 1.82) is 0 Å². The van der Waals surface area contributed by atoms with Crippen LogP contribution in [0.15, 0.2) is 36.5 Å². The zero-order chi connectivity index (χ0) is 30.1. The molecule has 0 spiro atoms. The van der Waals surface area contributed by atoms with Gasteiger partial charge in [0.2, 0.25) is 6.79 Å². The highest BCUT2D eigenvalue weighted by atomic mass is 19.1. The van der Waals surface area contributed by atoms with E-state index in [2.05, 4.69) is 4.98 Å². The number of Topliss-reactive ketones (excluding diaryl/α,β-unsaturated/α-hetero) is 1. The van der Waals surface area contributed by atoms with Gasteiger partial charge in [-0.25, -0.2) is 9.37 Å². The first-order valence-corrected chi connectivity index (χ1v) is 14.2. The molecule has 1 aliphatic heterocycles. The van der Waals surface area contributed by atoms with Crippen LogP contribution in [-0.4, -0.2) is 68.6 Å². The van der Waals surface area contributed by atoms with Crippen LogP contribution in [0.2, 0.25) is 0 Å². The highest BCUT2D eigenvalue weighted by Crippen LogP contribution is 2.33. The standard InChI is InChI=1S/C31H38FNO9/c1-19-29(39-16-22-4-5-22)23(14-21-6-8-25(32)9-7-21)11-13-38-17-24(31(36)42-19)15-26(35)28-30(41-18-40-20(2)34)27(37-3)10-12-33-28/h6-10,12,19,22-24,29H,4-5,11,13-18H2,1-3H3/t19-,23+,24-,29-/m0/s1. The van der Waals surface area contributed by atoms with Crippen LogP contribution in [0.25, 0.3) is 0 Å². The number of halogens is 1. The van der Waals surface area contributed by atoms with E-state index < -0.39 is 42.6 Å². The summed E-state index contributed by atoms with van der Waals surface area (Å²) < 4.78 is 47.3. The second kappa shape index (κ2) is 15.1. The molecular weight excluding hydrogens is 549 g/mol. The average Bonchev–Trinajstić information content (AvgIpc) is 3.79. The minimum Gasteiger partial charge on any atom is -0.493 e. The second-order valence-electron chi connectivity index (χ2n) is 10.8. The fourth-order valence-electron chi connectivity index (χ4n) is 4.93. The fraction of sp³-hybridized carbons (Fsp3) is 0.548. The predicted molar refractivity (Wildman–Crippen MR) is 148 cm³/mol. The smallest absolute Gasteiger partial charge is 0.312 e. The predicted octanol–water partition coefficient (Wildman–Crippen LogP) is 4.32. The lowest BCUT2D eigenvalue weighted by Gasteiger charge is -2.34. The number of ether oxygens (including phenoxy) is 6. The normalized spacial score (nSPS) is 23.0. The van der Waals surface area contributed by atoms with E-state index in [0.717, 1.165) is 18.4 Å². The second-order valence-corrected chi connectivity index (χ2v) is 10.8. The summed E-state index contributed by atoms with van der Waals surface area (Å²) in [7, 11) is 1.40. The molecule has 11 heteroatoms. The minimum atomic E-state index is -0.896. The molecule has 1 saturated carbocycles. The van der Waals surface area contributed by atoms with Gasteiger partial charge in [-0.05, 0) is 62.1 Å². The van der Waals surface area contributed by atoms with Gasteiger partial charge in [-0.2, -0.15) is 0 Å². The summed E-state index contributed by atoms with van der Waals surface area (Å²) in [6, 6.07) is 7.87. The Balaban J connectivity index is 1.48. The van der Waals surface area contributed by atoms with E-state index in [-0.39, 0.29) is 42.0 Å². The molecule has 1 saturated heterocycles. The van der Waals surface area contributed by atoms with E-state index >= 15 is 0 Å². The third kappa shape index (κ3) is 8.96. The number of rotatable bonds is 12. The molecule has 4 atom stereocenters. The maximum absolute atomic E-state index is 13.5. The van der Waals surface area contributed by atoms with Crippen molar-refractivity contribution >= 4 is 17.7 Å². The van der Waals surface area contributed by atoms with Crippen molar-refractivity contribution in [3.05, 3.63) is 53.6 Å². The van der Waals surface area contributed by atoms with Gasteiger partial charge in [0, 0.05) is 38.8 Å². The molecule has 4 rings (SSSR count). The van der Waals surface area contributed by atoms with Crippen LogP contribution in [0.4, 0.5) is 4.39 Å². The van der Waals surface area contributed by atoms with Crippen molar-refractivity contribution in [3.8, 4) is 11.5 Å². The Kier molecular flexibility index (Phi) is 11.2. The molecule has 2 aromatic rings. The van der Waals surface area contributed by atoms with Crippen LogP contribution in [0, 0.1) is 23.6 Å². The molecule has 2 fully saturated rings.